The fraction of sp³-hybridized carbons (Fsp3) is 0.450. The lowest BCUT2D eigenvalue weighted by Crippen LogP contribution is -2.39. The number of hydrogen-bond donors (Lipinski definition) is 1. The molecule has 8 heteroatoms. The Morgan fingerprint density at radius 3 is 2.25 bits per heavy atom. The van der Waals surface area contributed by atoms with Crippen molar-refractivity contribution in [3.8, 4) is 0 Å². The number of piperidine rings is 1. The van der Waals surface area contributed by atoms with Gasteiger partial charge in [0.1, 0.15) is 23.8 Å². The van der Waals surface area contributed by atoms with E-state index in [2.05, 4.69) is 31.2 Å². The minimum absolute atomic E-state index is 0.000418. The lowest BCUT2D eigenvalue weighted by molar-refractivity contribution is -0.120. The number of benzene rings is 1. The summed E-state index contributed by atoms with van der Waals surface area (Å²) >= 11 is 1.98. The molecule has 2 fully saturated rings. The van der Waals surface area contributed by atoms with Crippen molar-refractivity contribution in [2.24, 2.45) is 5.92 Å². The molecule has 2 aliphatic heterocycles. The van der Waals surface area contributed by atoms with Crippen LogP contribution in [0.3, 0.4) is 0 Å². The summed E-state index contributed by atoms with van der Waals surface area (Å²) < 4.78 is 13.0. The van der Waals surface area contributed by atoms with E-state index in [0.29, 0.717) is 5.69 Å². The molecule has 0 unspecified atom stereocenters. The monoisotopic (exact) mass is 401 g/mol. The minimum atomic E-state index is -0.307. The molecular formula is C20H24FN5OS. The van der Waals surface area contributed by atoms with Gasteiger partial charge in [-0.15, -0.1) is 0 Å². The van der Waals surface area contributed by atoms with E-state index in [-0.39, 0.29) is 17.6 Å². The molecule has 2 aliphatic rings. The first-order valence-corrected chi connectivity index (χ1v) is 10.8. The zero-order valence-electron chi connectivity index (χ0n) is 15.7. The molecular weight excluding hydrogens is 377 g/mol. The van der Waals surface area contributed by atoms with Gasteiger partial charge in [0.05, 0.1) is 0 Å². The molecule has 2 aromatic rings. The Labute approximate surface area is 168 Å². The van der Waals surface area contributed by atoms with Gasteiger partial charge in [-0.3, -0.25) is 4.79 Å². The summed E-state index contributed by atoms with van der Waals surface area (Å²) in [5.41, 5.74) is 0.633. The molecule has 1 aromatic carbocycles. The number of amides is 1. The van der Waals surface area contributed by atoms with E-state index >= 15 is 0 Å². The van der Waals surface area contributed by atoms with E-state index in [1.165, 1.54) is 12.1 Å². The van der Waals surface area contributed by atoms with Crippen molar-refractivity contribution >= 4 is 35.0 Å². The van der Waals surface area contributed by atoms with Crippen molar-refractivity contribution in [3.63, 3.8) is 0 Å². The Morgan fingerprint density at radius 1 is 1.00 bits per heavy atom. The second-order valence-corrected chi connectivity index (χ2v) is 8.32. The first kappa shape index (κ1) is 19.0. The minimum Gasteiger partial charge on any atom is -0.356 e. The fourth-order valence-electron chi connectivity index (χ4n) is 3.62. The lowest BCUT2D eigenvalue weighted by atomic mass is 9.96. The molecule has 0 radical (unpaired) electrons. The second kappa shape index (κ2) is 8.77. The number of halogens is 1. The van der Waals surface area contributed by atoms with Crippen molar-refractivity contribution in [2.75, 3.05) is 52.8 Å². The van der Waals surface area contributed by atoms with E-state index in [1.807, 2.05) is 11.8 Å². The highest BCUT2D eigenvalue weighted by molar-refractivity contribution is 7.99. The Hall–Kier alpha value is -2.35. The molecule has 28 heavy (non-hydrogen) atoms. The van der Waals surface area contributed by atoms with Crippen LogP contribution < -0.4 is 15.1 Å². The molecule has 6 nitrogen and oxygen atoms in total. The van der Waals surface area contributed by atoms with E-state index in [4.69, 9.17) is 0 Å². The maximum absolute atomic E-state index is 13.0. The van der Waals surface area contributed by atoms with Crippen molar-refractivity contribution in [2.45, 2.75) is 12.8 Å². The van der Waals surface area contributed by atoms with Crippen LogP contribution in [0.1, 0.15) is 12.8 Å². The van der Waals surface area contributed by atoms with Crippen LogP contribution in [0.5, 0.6) is 0 Å². The first-order chi connectivity index (χ1) is 13.7. The third-order valence-electron chi connectivity index (χ3n) is 5.27. The van der Waals surface area contributed by atoms with E-state index in [0.717, 1.165) is 62.2 Å². The number of aromatic nitrogens is 2. The largest absolute Gasteiger partial charge is 0.356 e. The van der Waals surface area contributed by atoms with Gasteiger partial charge in [-0.1, -0.05) is 0 Å². The molecule has 1 aromatic heterocycles. The zero-order valence-corrected chi connectivity index (χ0v) is 16.5. The summed E-state index contributed by atoms with van der Waals surface area (Å²) in [6.45, 7) is 3.61. The van der Waals surface area contributed by atoms with Crippen molar-refractivity contribution in [1.82, 2.24) is 9.97 Å². The molecule has 0 spiro atoms. The van der Waals surface area contributed by atoms with Gasteiger partial charge in [-0.2, -0.15) is 11.8 Å². The summed E-state index contributed by atoms with van der Waals surface area (Å²) in [5.74, 6) is 3.84. The quantitative estimate of drug-likeness (QED) is 0.850. The van der Waals surface area contributed by atoms with Crippen molar-refractivity contribution in [1.29, 1.82) is 0 Å². The summed E-state index contributed by atoms with van der Waals surface area (Å²) in [6, 6.07) is 7.94. The predicted octanol–water partition coefficient (Wildman–Crippen LogP) is 3.02. The van der Waals surface area contributed by atoms with Crippen LogP contribution >= 0.6 is 11.8 Å². The normalized spacial score (nSPS) is 18.2. The van der Waals surface area contributed by atoms with Crippen LogP contribution in [-0.4, -0.2) is 53.6 Å². The highest BCUT2D eigenvalue weighted by atomic mass is 32.2. The average Bonchev–Trinajstić information content (AvgIpc) is 2.76. The molecule has 0 saturated carbocycles. The second-order valence-electron chi connectivity index (χ2n) is 7.09. The zero-order chi connectivity index (χ0) is 19.3. The third-order valence-corrected chi connectivity index (χ3v) is 6.22. The van der Waals surface area contributed by atoms with Gasteiger partial charge < -0.3 is 15.1 Å². The molecule has 0 bridgehead atoms. The van der Waals surface area contributed by atoms with E-state index < -0.39 is 0 Å². The van der Waals surface area contributed by atoms with Gasteiger partial charge in [0.15, 0.2) is 0 Å². The van der Waals surface area contributed by atoms with Gasteiger partial charge in [0, 0.05) is 55.4 Å². The summed E-state index contributed by atoms with van der Waals surface area (Å²) in [5, 5.41) is 2.89. The Bertz CT molecular complexity index is 804. The topological polar surface area (TPSA) is 61.4 Å². The van der Waals surface area contributed by atoms with E-state index in [9.17, 15) is 9.18 Å². The van der Waals surface area contributed by atoms with Crippen LogP contribution in [-0.2, 0) is 4.79 Å². The number of nitrogens with zero attached hydrogens (tertiary/aromatic N) is 4. The Balaban J connectivity index is 1.33. The molecule has 148 valence electrons. The first-order valence-electron chi connectivity index (χ1n) is 9.65. The average molecular weight is 402 g/mol. The molecule has 4 rings (SSSR count). The number of nitrogens with one attached hydrogen (secondary N) is 1. The SMILES string of the molecule is O=C(Nc1ccc(F)cc1)C1CCN(c2cc(N3CCSCC3)ncn2)CC1. The number of hydrogen-bond acceptors (Lipinski definition) is 6. The van der Waals surface area contributed by atoms with Gasteiger partial charge in [0.2, 0.25) is 5.91 Å². The molecule has 0 atom stereocenters. The third kappa shape index (κ3) is 4.55. The molecule has 1 amide bonds. The fourth-order valence-corrected chi connectivity index (χ4v) is 4.53. The van der Waals surface area contributed by atoms with E-state index in [1.54, 1.807) is 18.5 Å². The Morgan fingerprint density at radius 2 is 1.61 bits per heavy atom. The number of carbonyl (C=O) groups is 1. The molecule has 0 aliphatic carbocycles. The predicted molar refractivity (Wildman–Crippen MR) is 112 cm³/mol. The Kier molecular flexibility index (Phi) is 5.95. The van der Waals surface area contributed by atoms with Crippen molar-refractivity contribution in [3.05, 3.63) is 42.5 Å². The highest BCUT2D eigenvalue weighted by Gasteiger charge is 2.26. The van der Waals surface area contributed by atoms with Gasteiger partial charge in [0.25, 0.3) is 0 Å². The maximum atomic E-state index is 13.0. The van der Waals surface area contributed by atoms with Crippen LogP contribution in [0.4, 0.5) is 21.7 Å². The van der Waals surface area contributed by atoms with Crippen LogP contribution in [0.15, 0.2) is 36.7 Å². The molecule has 1 N–H and O–H groups in total. The lowest BCUT2D eigenvalue weighted by Gasteiger charge is -2.33. The van der Waals surface area contributed by atoms with Gasteiger partial charge in [-0.05, 0) is 37.1 Å². The number of thioether (sulfide) groups is 1. The number of anilines is 3. The summed E-state index contributed by atoms with van der Waals surface area (Å²) in [4.78, 5) is 25.9. The van der Waals surface area contributed by atoms with Gasteiger partial charge >= 0.3 is 0 Å². The molecule has 2 saturated heterocycles. The smallest absolute Gasteiger partial charge is 0.227 e. The standard InChI is InChI=1S/C20H24FN5OS/c21-16-1-3-17(4-2-16)24-20(27)15-5-7-25(8-6-15)18-13-19(23-14-22-18)26-9-11-28-12-10-26/h1-4,13-15H,5-12H2,(H,24,27). The summed E-state index contributed by atoms with van der Waals surface area (Å²) in [6.07, 6.45) is 3.18. The number of rotatable bonds is 4. The van der Waals surface area contributed by atoms with Crippen molar-refractivity contribution < 1.29 is 9.18 Å². The van der Waals surface area contributed by atoms with Crippen LogP contribution in [0.2, 0.25) is 0 Å². The maximum Gasteiger partial charge on any atom is 0.227 e. The summed E-state index contributed by atoms with van der Waals surface area (Å²) in [7, 11) is 0. The van der Waals surface area contributed by atoms with Crippen LogP contribution in [0, 0.1) is 11.7 Å². The number of carbonyl (C=O) groups excluding carboxylic acids is 1. The molecule has 3 heterocycles. The van der Waals surface area contributed by atoms with Crippen LogP contribution in [0.25, 0.3) is 0 Å². The highest BCUT2D eigenvalue weighted by Crippen LogP contribution is 2.26. The van der Waals surface area contributed by atoms with Gasteiger partial charge in [-0.25, -0.2) is 14.4 Å².